The number of carbonyl (C=O) groups excluding carboxylic acids is 1. The quantitative estimate of drug-likeness (QED) is 0.476. The van der Waals surface area contributed by atoms with E-state index in [9.17, 15) is 9.36 Å². The minimum Gasteiger partial charge on any atom is -0.466 e. The predicted molar refractivity (Wildman–Crippen MR) is 38.2 cm³/mol. The average Bonchev–Trinajstić information content (AvgIpc) is 1.83. The molecule has 0 heterocycles. The molecule has 0 aromatic heterocycles. The van der Waals surface area contributed by atoms with Crippen LogP contribution in [0.4, 0.5) is 0 Å². The van der Waals surface area contributed by atoms with Crippen LogP contribution < -0.4 is 0 Å². The number of hydrogen-bond acceptors (Lipinski definition) is 3. The summed E-state index contributed by atoms with van der Waals surface area (Å²) in [5.74, 6) is -0.573. The minimum atomic E-state index is -4.04. The number of hydrogen-bond donors (Lipinski definition) is 2. The van der Waals surface area contributed by atoms with Crippen molar-refractivity contribution in [3.05, 3.63) is 0 Å². The van der Waals surface area contributed by atoms with Crippen molar-refractivity contribution in [1.82, 2.24) is 0 Å². The van der Waals surface area contributed by atoms with Gasteiger partial charge in [0.05, 0.1) is 19.2 Å². The molecule has 2 N–H and O–H groups in total. The zero-order valence-corrected chi connectivity index (χ0v) is 7.08. The third-order valence-electron chi connectivity index (χ3n) is 0.913. The summed E-state index contributed by atoms with van der Waals surface area (Å²) < 4.78 is 14.7. The Balaban J connectivity index is 3.55. The molecular formula is C5H11O5P. The highest BCUT2D eigenvalue weighted by Crippen LogP contribution is 2.34. The smallest absolute Gasteiger partial charge is 0.326 e. The second kappa shape index (κ2) is 4.49. The van der Waals surface area contributed by atoms with Crippen molar-refractivity contribution < 1.29 is 23.9 Å². The topological polar surface area (TPSA) is 83.8 Å². The maximum Gasteiger partial charge on any atom is 0.326 e. The largest absolute Gasteiger partial charge is 0.466 e. The van der Waals surface area contributed by atoms with Gasteiger partial charge in [0, 0.05) is 0 Å². The van der Waals surface area contributed by atoms with Crippen LogP contribution in [0.2, 0.25) is 0 Å². The Morgan fingerprint density at radius 2 is 2.09 bits per heavy atom. The van der Waals surface area contributed by atoms with Gasteiger partial charge >= 0.3 is 13.6 Å². The summed E-state index contributed by atoms with van der Waals surface area (Å²) in [4.78, 5) is 27.2. The van der Waals surface area contributed by atoms with Gasteiger partial charge in [-0.15, -0.1) is 0 Å². The standard InChI is InChI=1S/C5H11O5P/c1-2-10-5(6)3-4-11(7,8)9/h2-4H2,1H3,(H2,7,8,9). The molecule has 0 aliphatic rings. The molecular weight excluding hydrogens is 171 g/mol. The van der Waals surface area contributed by atoms with E-state index in [0.29, 0.717) is 0 Å². The molecule has 0 atom stereocenters. The van der Waals surface area contributed by atoms with Crippen LogP contribution in [0.5, 0.6) is 0 Å². The van der Waals surface area contributed by atoms with Gasteiger partial charge in [-0.05, 0) is 6.92 Å². The number of esters is 1. The Morgan fingerprint density at radius 1 is 1.55 bits per heavy atom. The molecule has 0 spiro atoms. The maximum absolute atomic E-state index is 10.5. The first-order valence-electron chi connectivity index (χ1n) is 3.16. The zero-order chi connectivity index (χ0) is 8.91. The molecule has 0 bridgehead atoms. The van der Waals surface area contributed by atoms with Gasteiger partial charge in [0.25, 0.3) is 0 Å². The van der Waals surface area contributed by atoms with Gasteiger partial charge in [-0.2, -0.15) is 0 Å². The van der Waals surface area contributed by atoms with Gasteiger partial charge in [-0.1, -0.05) is 0 Å². The van der Waals surface area contributed by atoms with E-state index in [2.05, 4.69) is 4.74 Å². The van der Waals surface area contributed by atoms with Gasteiger partial charge in [-0.25, -0.2) is 0 Å². The van der Waals surface area contributed by atoms with Gasteiger partial charge in [0.15, 0.2) is 0 Å². The lowest BCUT2D eigenvalue weighted by Crippen LogP contribution is -2.06. The number of carbonyl (C=O) groups is 1. The number of ether oxygens (including phenoxy) is 1. The van der Waals surface area contributed by atoms with Crippen molar-refractivity contribution in [2.45, 2.75) is 13.3 Å². The summed E-state index contributed by atoms with van der Waals surface area (Å²) in [5, 5.41) is 0. The van der Waals surface area contributed by atoms with Crippen LogP contribution in [0, 0.1) is 0 Å². The highest BCUT2D eigenvalue weighted by Gasteiger charge is 2.15. The monoisotopic (exact) mass is 182 g/mol. The van der Waals surface area contributed by atoms with E-state index in [0.717, 1.165) is 0 Å². The van der Waals surface area contributed by atoms with E-state index in [-0.39, 0.29) is 13.0 Å². The fourth-order valence-electron chi connectivity index (χ4n) is 0.470. The summed E-state index contributed by atoms with van der Waals surface area (Å²) >= 11 is 0. The maximum atomic E-state index is 10.5. The summed E-state index contributed by atoms with van der Waals surface area (Å²) in [6.07, 6.45) is -0.663. The van der Waals surface area contributed by atoms with Crippen molar-refractivity contribution in [2.24, 2.45) is 0 Å². The van der Waals surface area contributed by atoms with E-state index in [1.807, 2.05) is 0 Å². The average molecular weight is 182 g/mol. The molecule has 0 saturated carbocycles. The molecule has 0 aliphatic carbocycles. The lowest BCUT2D eigenvalue weighted by Gasteiger charge is -2.02. The van der Waals surface area contributed by atoms with Gasteiger partial charge < -0.3 is 14.5 Å². The van der Waals surface area contributed by atoms with Crippen molar-refractivity contribution in [2.75, 3.05) is 12.8 Å². The molecule has 66 valence electrons. The van der Waals surface area contributed by atoms with Crippen LogP contribution in [0.15, 0.2) is 0 Å². The Hall–Kier alpha value is -0.380. The SMILES string of the molecule is CCOC(=O)CCP(=O)(O)O. The van der Waals surface area contributed by atoms with Gasteiger partial charge in [0.2, 0.25) is 0 Å². The van der Waals surface area contributed by atoms with Gasteiger partial charge in [0.1, 0.15) is 0 Å². The van der Waals surface area contributed by atoms with Crippen LogP contribution >= 0.6 is 7.60 Å². The first-order chi connectivity index (χ1) is 4.95. The molecule has 0 rings (SSSR count). The Labute approximate surface area is 64.5 Å². The minimum absolute atomic E-state index is 0.224. The first-order valence-corrected chi connectivity index (χ1v) is 4.95. The van der Waals surface area contributed by atoms with Crippen LogP contribution in [-0.2, 0) is 14.1 Å². The zero-order valence-electron chi connectivity index (χ0n) is 6.19. The molecule has 0 radical (unpaired) electrons. The molecule has 0 saturated heterocycles. The molecule has 0 amide bonds. The van der Waals surface area contributed by atoms with Gasteiger partial charge in [-0.3, -0.25) is 9.36 Å². The second-order valence-corrected chi connectivity index (χ2v) is 3.72. The molecule has 0 fully saturated rings. The molecule has 6 heteroatoms. The van der Waals surface area contributed by atoms with E-state index in [1.165, 1.54) is 0 Å². The van der Waals surface area contributed by atoms with Crippen molar-refractivity contribution in [1.29, 1.82) is 0 Å². The Morgan fingerprint density at radius 3 is 2.45 bits per heavy atom. The Bertz CT molecular complexity index is 172. The lowest BCUT2D eigenvalue weighted by atomic mass is 10.5. The lowest BCUT2D eigenvalue weighted by molar-refractivity contribution is -0.142. The second-order valence-electron chi connectivity index (χ2n) is 1.94. The van der Waals surface area contributed by atoms with Crippen LogP contribution in [0.1, 0.15) is 13.3 Å². The van der Waals surface area contributed by atoms with E-state index in [1.54, 1.807) is 6.92 Å². The normalized spacial score (nSPS) is 11.2. The van der Waals surface area contributed by atoms with Crippen LogP contribution in [-0.4, -0.2) is 28.5 Å². The summed E-state index contributed by atoms with van der Waals surface area (Å²) in [6, 6.07) is 0. The van der Waals surface area contributed by atoms with Crippen molar-refractivity contribution in [3.63, 3.8) is 0 Å². The van der Waals surface area contributed by atoms with E-state index in [4.69, 9.17) is 9.79 Å². The third kappa shape index (κ3) is 7.52. The molecule has 0 aliphatic heterocycles. The fraction of sp³-hybridized carbons (Fsp3) is 0.800. The van der Waals surface area contributed by atoms with Crippen molar-refractivity contribution in [3.8, 4) is 0 Å². The molecule has 0 aromatic carbocycles. The van der Waals surface area contributed by atoms with E-state index < -0.39 is 19.7 Å². The summed E-state index contributed by atoms with van der Waals surface area (Å²) in [6.45, 7) is 1.87. The molecule has 0 unspecified atom stereocenters. The Kier molecular flexibility index (Phi) is 4.33. The molecule has 11 heavy (non-hydrogen) atoms. The number of rotatable bonds is 4. The molecule has 5 nitrogen and oxygen atoms in total. The highest BCUT2D eigenvalue weighted by molar-refractivity contribution is 7.51. The van der Waals surface area contributed by atoms with Crippen molar-refractivity contribution >= 4 is 13.6 Å². The van der Waals surface area contributed by atoms with E-state index >= 15 is 0 Å². The summed E-state index contributed by atoms with van der Waals surface area (Å²) in [5.41, 5.74) is 0. The fourth-order valence-corrected chi connectivity index (χ4v) is 0.944. The first kappa shape index (κ1) is 10.6. The van der Waals surface area contributed by atoms with Crippen LogP contribution in [0.25, 0.3) is 0 Å². The predicted octanol–water partition coefficient (Wildman–Crippen LogP) is 0.117. The highest BCUT2D eigenvalue weighted by atomic mass is 31.2. The third-order valence-corrected chi connectivity index (χ3v) is 1.72. The summed E-state index contributed by atoms with van der Waals surface area (Å²) in [7, 11) is -4.04. The van der Waals surface area contributed by atoms with Crippen LogP contribution in [0.3, 0.4) is 0 Å². The molecule has 0 aromatic rings.